The van der Waals surface area contributed by atoms with Gasteiger partial charge in [0.1, 0.15) is 6.61 Å². The molecule has 1 saturated heterocycles. The maximum absolute atomic E-state index is 12.1. The topological polar surface area (TPSA) is 66.8 Å². The van der Waals surface area contributed by atoms with Crippen LogP contribution in [0.1, 0.15) is 20.8 Å². The van der Waals surface area contributed by atoms with Gasteiger partial charge in [0.2, 0.25) is 5.91 Å². The third-order valence-electron chi connectivity index (χ3n) is 2.97. The van der Waals surface area contributed by atoms with Crippen molar-refractivity contribution in [3.8, 4) is 0 Å². The van der Waals surface area contributed by atoms with Crippen molar-refractivity contribution in [2.75, 3.05) is 6.61 Å². The maximum atomic E-state index is 12.1. The smallest absolute Gasteiger partial charge is 0.417 e. The number of nitrogens with zero attached hydrogens (tertiary/aromatic N) is 1. The van der Waals surface area contributed by atoms with Crippen LogP contribution in [0, 0.1) is 11.8 Å². The lowest BCUT2D eigenvalue weighted by molar-refractivity contribution is -0.135. The molecule has 1 aliphatic rings. The highest BCUT2D eigenvalue weighted by atomic mass is 16.6. The molecular weight excluding hydrogens is 222 g/mol. The standard InChI is InChI=1S/C12H19NO4/c1-5-9(8(4)14)11(15)13-10(7(2)3)6-17-12(13)16/h5,7-10,14H,1,6H2,2-4H3/t8-,9+,10-/m1/s1. The normalized spacial score (nSPS) is 23.5. The van der Waals surface area contributed by atoms with Gasteiger partial charge in [0, 0.05) is 0 Å². The zero-order valence-electron chi connectivity index (χ0n) is 10.4. The van der Waals surface area contributed by atoms with Crippen molar-refractivity contribution < 1.29 is 19.4 Å². The van der Waals surface area contributed by atoms with Crippen LogP contribution < -0.4 is 0 Å². The Morgan fingerprint density at radius 2 is 2.18 bits per heavy atom. The van der Waals surface area contributed by atoms with Gasteiger partial charge in [-0.1, -0.05) is 19.9 Å². The first-order valence-electron chi connectivity index (χ1n) is 5.70. The molecule has 1 heterocycles. The molecule has 0 aromatic rings. The third kappa shape index (κ3) is 2.66. The molecule has 0 aliphatic carbocycles. The summed E-state index contributed by atoms with van der Waals surface area (Å²) >= 11 is 0. The number of carbonyl (C=O) groups is 2. The number of carbonyl (C=O) groups excluding carboxylic acids is 2. The Balaban J connectivity index is 2.92. The summed E-state index contributed by atoms with van der Waals surface area (Å²) in [5, 5.41) is 9.48. The molecule has 1 N–H and O–H groups in total. The lowest BCUT2D eigenvalue weighted by Gasteiger charge is -2.26. The zero-order valence-corrected chi connectivity index (χ0v) is 10.4. The molecular formula is C12H19NO4. The minimum absolute atomic E-state index is 0.116. The fraction of sp³-hybridized carbons (Fsp3) is 0.667. The summed E-state index contributed by atoms with van der Waals surface area (Å²) in [5.41, 5.74) is 0. The second kappa shape index (κ2) is 5.31. The zero-order chi connectivity index (χ0) is 13.2. The van der Waals surface area contributed by atoms with E-state index in [1.165, 1.54) is 13.0 Å². The lowest BCUT2D eigenvalue weighted by atomic mass is 9.99. The molecule has 17 heavy (non-hydrogen) atoms. The number of rotatable bonds is 4. The van der Waals surface area contributed by atoms with Gasteiger partial charge in [-0.2, -0.15) is 0 Å². The van der Waals surface area contributed by atoms with Gasteiger partial charge in [-0.05, 0) is 12.8 Å². The molecule has 0 aromatic heterocycles. The van der Waals surface area contributed by atoms with E-state index in [2.05, 4.69) is 6.58 Å². The fourth-order valence-electron chi connectivity index (χ4n) is 1.84. The van der Waals surface area contributed by atoms with E-state index in [0.717, 1.165) is 4.90 Å². The van der Waals surface area contributed by atoms with Crippen molar-refractivity contribution in [3.05, 3.63) is 12.7 Å². The van der Waals surface area contributed by atoms with E-state index in [4.69, 9.17) is 4.74 Å². The number of aliphatic hydroxyl groups excluding tert-OH is 1. The largest absolute Gasteiger partial charge is 0.447 e. The van der Waals surface area contributed by atoms with E-state index >= 15 is 0 Å². The van der Waals surface area contributed by atoms with E-state index in [1.807, 2.05) is 13.8 Å². The second-order valence-electron chi connectivity index (χ2n) is 4.60. The highest BCUT2D eigenvalue weighted by molar-refractivity contribution is 5.95. The van der Waals surface area contributed by atoms with Crippen LogP contribution in [0.5, 0.6) is 0 Å². The average Bonchev–Trinajstić information content (AvgIpc) is 2.60. The van der Waals surface area contributed by atoms with Crippen molar-refractivity contribution in [2.24, 2.45) is 11.8 Å². The van der Waals surface area contributed by atoms with E-state index in [0.29, 0.717) is 0 Å². The Bertz CT molecular complexity index is 324. The summed E-state index contributed by atoms with van der Waals surface area (Å²) in [4.78, 5) is 24.8. The van der Waals surface area contributed by atoms with Crippen LogP contribution in [0.2, 0.25) is 0 Å². The van der Waals surface area contributed by atoms with Crippen LogP contribution in [0.4, 0.5) is 4.79 Å². The average molecular weight is 241 g/mol. The van der Waals surface area contributed by atoms with Gasteiger partial charge in [0.15, 0.2) is 0 Å². The first-order valence-corrected chi connectivity index (χ1v) is 5.70. The van der Waals surface area contributed by atoms with Gasteiger partial charge in [-0.15, -0.1) is 6.58 Å². The Morgan fingerprint density at radius 3 is 2.59 bits per heavy atom. The summed E-state index contributed by atoms with van der Waals surface area (Å²) < 4.78 is 4.89. The number of amides is 2. The fourth-order valence-corrected chi connectivity index (χ4v) is 1.84. The molecule has 0 unspecified atom stereocenters. The quantitative estimate of drug-likeness (QED) is 0.750. The lowest BCUT2D eigenvalue weighted by Crippen LogP contribution is -2.46. The maximum Gasteiger partial charge on any atom is 0.417 e. The third-order valence-corrected chi connectivity index (χ3v) is 2.97. The number of ether oxygens (including phenoxy) is 1. The molecule has 0 bridgehead atoms. The van der Waals surface area contributed by atoms with Crippen molar-refractivity contribution in [1.29, 1.82) is 0 Å². The Morgan fingerprint density at radius 1 is 1.59 bits per heavy atom. The molecule has 0 spiro atoms. The summed E-state index contributed by atoms with van der Waals surface area (Å²) in [6.45, 7) is 9.05. The molecule has 5 nitrogen and oxygen atoms in total. The number of aliphatic hydroxyl groups is 1. The molecule has 3 atom stereocenters. The van der Waals surface area contributed by atoms with Crippen LogP contribution in [0.15, 0.2) is 12.7 Å². The SMILES string of the molecule is C=C[C@H](C(=O)N1C(=O)OC[C@@H]1C(C)C)[C@@H](C)O. The van der Waals surface area contributed by atoms with E-state index in [9.17, 15) is 14.7 Å². The summed E-state index contributed by atoms with van der Waals surface area (Å²) in [6, 6.07) is -0.267. The van der Waals surface area contributed by atoms with Crippen molar-refractivity contribution in [2.45, 2.75) is 32.9 Å². The number of imide groups is 1. The van der Waals surface area contributed by atoms with Gasteiger partial charge in [0.05, 0.1) is 18.1 Å². The number of hydrogen-bond acceptors (Lipinski definition) is 4. The molecule has 1 rings (SSSR count). The molecule has 2 amide bonds. The monoisotopic (exact) mass is 241 g/mol. The van der Waals surface area contributed by atoms with Gasteiger partial charge >= 0.3 is 6.09 Å². The molecule has 0 radical (unpaired) electrons. The molecule has 0 saturated carbocycles. The molecule has 0 aromatic carbocycles. The van der Waals surface area contributed by atoms with Gasteiger partial charge < -0.3 is 9.84 Å². The van der Waals surface area contributed by atoms with Crippen molar-refractivity contribution in [1.82, 2.24) is 4.90 Å². The van der Waals surface area contributed by atoms with Gasteiger partial charge in [-0.3, -0.25) is 4.79 Å². The minimum Gasteiger partial charge on any atom is -0.447 e. The van der Waals surface area contributed by atoms with Crippen LogP contribution in [-0.4, -0.2) is 40.8 Å². The predicted octanol–water partition coefficient (Wildman–Crippen LogP) is 1.17. The van der Waals surface area contributed by atoms with Crippen LogP contribution in [0.3, 0.4) is 0 Å². The highest BCUT2D eigenvalue weighted by Gasteiger charge is 2.42. The van der Waals surface area contributed by atoms with Crippen LogP contribution >= 0.6 is 0 Å². The van der Waals surface area contributed by atoms with Crippen LogP contribution in [0.25, 0.3) is 0 Å². The molecule has 1 fully saturated rings. The Kier molecular flexibility index (Phi) is 4.28. The van der Waals surface area contributed by atoms with Crippen molar-refractivity contribution in [3.63, 3.8) is 0 Å². The summed E-state index contributed by atoms with van der Waals surface area (Å²) in [6.07, 6.45) is -0.155. The molecule has 5 heteroatoms. The van der Waals surface area contributed by atoms with Gasteiger partial charge in [-0.25, -0.2) is 9.69 Å². The first kappa shape index (κ1) is 13.7. The van der Waals surface area contributed by atoms with Crippen LogP contribution in [-0.2, 0) is 9.53 Å². The molecule has 1 aliphatic heterocycles. The second-order valence-corrected chi connectivity index (χ2v) is 4.60. The van der Waals surface area contributed by atoms with E-state index < -0.39 is 24.0 Å². The minimum atomic E-state index is -0.874. The van der Waals surface area contributed by atoms with E-state index in [1.54, 1.807) is 0 Å². The predicted molar refractivity (Wildman–Crippen MR) is 62.2 cm³/mol. The number of hydrogen-bond donors (Lipinski definition) is 1. The van der Waals surface area contributed by atoms with Crippen molar-refractivity contribution >= 4 is 12.0 Å². The summed E-state index contributed by atoms with van der Waals surface area (Å²) in [5.74, 6) is -1.11. The first-order chi connectivity index (χ1) is 7.90. The molecule has 96 valence electrons. The Hall–Kier alpha value is -1.36. The highest BCUT2D eigenvalue weighted by Crippen LogP contribution is 2.23. The van der Waals surface area contributed by atoms with E-state index in [-0.39, 0.29) is 18.6 Å². The Labute approximate surface area is 101 Å². The summed E-state index contributed by atoms with van der Waals surface area (Å²) in [7, 11) is 0. The number of cyclic esters (lactones) is 1. The van der Waals surface area contributed by atoms with Gasteiger partial charge in [0.25, 0.3) is 0 Å².